The molecule has 0 amide bonds. The van der Waals surface area contributed by atoms with Gasteiger partial charge >= 0.3 is 5.69 Å². The Morgan fingerprint density at radius 2 is 2.17 bits per heavy atom. The van der Waals surface area contributed by atoms with E-state index in [1.54, 1.807) is 6.92 Å². The van der Waals surface area contributed by atoms with Gasteiger partial charge in [-0.15, -0.1) is 0 Å². The van der Waals surface area contributed by atoms with Crippen LogP contribution < -0.4 is 10.6 Å². The van der Waals surface area contributed by atoms with E-state index in [2.05, 4.69) is 20.6 Å². The van der Waals surface area contributed by atoms with Crippen molar-refractivity contribution in [1.82, 2.24) is 9.97 Å². The molecule has 0 spiro atoms. The van der Waals surface area contributed by atoms with E-state index in [-0.39, 0.29) is 5.69 Å². The molecule has 0 saturated heterocycles. The van der Waals surface area contributed by atoms with Crippen LogP contribution in [0.15, 0.2) is 0 Å². The van der Waals surface area contributed by atoms with Crippen molar-refractivity contribution in [3.63, 3.8) is 0 Å². The van der Waals surface area contributed by atoms with Crippen LogP contribution in [0.3, 0.4) is 0 Å². The molecule has 7 heteroatoms. The molecule has 2 N–H and O–H groups in total. The van der Waals surface area contributed by atoms with Gasteiger partial charge in [0.25, 0.3) is 0 Å². The van der Waals surface area contributed by atoms with Crippen LogP contribution in [0.1, 0.15) is 31.9 Å². The predicted molar refractivity (Wildman–Crippen MR) is 68.8 cm³/mol. The average molecular weight is 251 g/mol. The number of aromatic nitrogens is 2. The first-order valence-corrected chi connectivity index (χ1v) is 6.15. The first kappa shape index (κ1) is 12.5. The van der Waals surface area contributed by atoms with Crippen LogP contribution in [0.4, 0.5) is 17.5 Å². The van der Waals surface area contributed by atoms with Crippen molar-refractivity contribution in [3.8, 4) is 0 Å². The molecule has 18 heavy (non-hydrogen) atoms. The summed E-state index contributed by atoms with van der Waals surface area (Å²) in [4.78, 5) is 18.9. The zero-order valence-electron chi connectivity index (χ0n) is 10.6. The van der Waals surface area contributed by atoms with Gasteiger partial charge in [0, 0.05) is 12.6 Å². The number of rotatable bonds is 5. The number of hydrogen-bond acceptors (Lipinski definition) is 6. The Labute approximate surface area is 105 Å². The quantitative estimate of drug-likeness (QED) is 0.614. The summed E-state index contributed by atoms with van der Waals surface area (Å²) < 4.78 is 0. The minimum absolute atomic E-state index is 0.0245. The van der Waals surface area contributed by atoms with Gasteiger partial charge in [-0.3, -0.25) is 10.1 Å². The third-order valence-electron chi connectivity index (χ3n) is 3.02. The Bertz CT molecular complexity index is 459. The molecule has 0 aliphatic heterocycles. The number of hydrogen-bond donors (Lipinski definition) is 2. The van der Waals surface area contributed by atoms with E-state index < -0.39 is 4.92 Å². The first-order valence-electron chi connectivity index (χ1n) is 6.15. The molecule has 1 fully saturated rings. The lowest BCUT2D eigenvalue weighted by Gasteiger charge is -2.26. The van der Waals surface area contributed by atoms with Crippen molar-refractivity contribution in [2.45, 2.75) is 39.2 Å². The van der Waals surface area contributed by atoms with Gasteiger partial charge in [0.15, 0.2) is 0 Å². The Hall–Kier alpha value is -1.92. The molecule has 1 aliphatic rings. The number of nitrogens with one attached hydrogen (secondary N) is 2. The maximum atomic E-state index is 11.1. The Morgan fingerprint density at radius 1 is 1.44 bits per heavy atom. The summed E-state index contributed by atoms with van der Waals surface area (Å²) >= 11 is 0. The summed E-state index contributed by atoms with van der Waals surface area (Å²) in [6.07, 6.45) is 3.24. The third kappa shape index (κ3) is 2.49. The normalized spacial score (nSPS) is 15.0. The number of aryl methyl sites for hydroxylation is 1. The molecule has 0 bridgehead atoms. The Morgan fingerprint density at radius 3 is 2.67 bits per heavy atom. The highest BCUT2D eigenvalue weighted by molar-refractivity contribution is 5.61. The van der Waals surface area contributed by atoms with Crippen LogP contribution in [-0.2, 0) is 0 Å². The highest BCUT2D eigenvalue weighted by atomic mass is 16.6. The standard InChI is InChI=1S/C11H17N5O2/c1-3-12-11-13-7(2)9(16(17)18)10(15-11)14-8-5-4-6-8/h8H,3-6H2,1-2H3,(H2,12,13,14,15). The van der Waals surface area contributed by atoms with Crippen molar-refractivity contribution in [1.29, 1.82) is 0 Å². The lowest BCUT2D eigenvalue weighted by atomic mass is 9.93. The summed E-state index contributed by atoms with van der Waals surface area (Å²) in [5, 5.41) is 17.2. The van der Waals surface area contributed by atoms with E-state index in [0.29, 0.717) is 30.0 Å². The molecule has 1 aromatic heterocycles. The van der Waals surface area contributed by atoms with Crippen molar-refractivity contribution < 1.29 is 4.92 Å². The highest BCUT2D eigenvalue weighted by Crippen LogP contribution is 2.30. The molecular formula is C11H17N5O2. The summed E-state index contributed by atoms with van der Waals surface area (Å²) in [6.45, 7) is 4.24. The van der Waals surface area contributed by atoms with Gasteiger partial charge in [0.1, 0.15) is 5.69 Å². The van der Waals surface area contributed by atoms with E-state index in [4.69, 9.17) is 0 Å². The van der Waals surface area contributed by atoms with E-state index in [0.717, 1.165) is 19.3 Å². The minimum atomic E-state index is -0.425. The summed E-state index contributed by atoms with van der Waals surface area (Å²) in [7, 11) is 0. The van der Waals surface area contributed by atoms with Gasteiger partial charge in [0.05, 0.1) is 4.92 Å². The van der Waals surface area contributed by atoms with E-state index in [9.17, 15) is 10.1 Å². The second kappa shape index (κ2) is 5.16. The molecule has 0 unspecified atom stereocenters. The SMILES string of the molecule is CCNc1nc(C)c([N+](=O)[O-])c(NC2CCC2)n1. The lowest BCUT2D eigenvalue weighted by Crippen LogP contribution is -2.28. The molecule has 1 aliphatic carbocycles. The van der Waals surface area contributed by atoms with E-state index in [1.165, 1.54) is 0 Å². The molecule has 0 aromatic carbocycles. The third-order valence-corrected chi connectivity index (χ3v) is 3.02. The lowest BCUT2D eigenvalue weighted by molar-refractivity contribution is -0.385. The molecular weight excluding hydrogens is 234 g/mol. The zero-order valence-corrected chi connectivity index (χ0v) is 10.6. The van der Waals surface area contributed by atoms with Gasteiger partial charge in [-0.05, 0) is 33.1 Å². The second-order valence-corrected chi connectivity index (χ2v) is 4.39. The van der Waals surface area contributed by atoms with Crippen LogP contribution in [0, 0.1) is 17.0 Å². The molecule has 0 atom stereocenters. The summed E-state index contributed by atoms with van der Waals surface area (Å²) in [5.74, 6) is 0.760. The van der Waals surface area contributed by atoms with Crippen LogP contribution in [0.2, 0.25) is 0 Å². The van der Waals surface area contributed by atoms with Crippen LogP contribution >= 0.6 is 0 Å². The molecule has 0 radical (unpaired) electrons. The van der Waals surface area contributed by atoms with Gasteiger partial charge in [-0.1, -0.05) is 0 Å². The number of nitrogens with zero attached hydrogens (tertiary/aromatic N) is 3. The van der Waals surface area contributed by atoms with Crippen LogP contribution in [0.25, 0.3) is 0 Å². The van der Waals surface area contributed by atoms with E-state index >= 15 is 0 Å². The predicted octanol–water partition coefficient (Wildman–Crippen LogP) is 2.09. The van der Waals surface area contributed by atoms with Gasteiger partial charge < -0.3 is 10.6 Å². The fraction of sp³-hybridized carbons (Fsp3) is 0.636. The van der Waals surface area contributed by atoms with Gasteiger partial charge in [-0.25, -0.2) is 4.98 Å². The van der Waals surface area contributed by atoms with Crippen molar-refractivity contribution in [2.24, 2.45) is 0 Å². The number of nitro groups is 1. The maximum absolute atomic E-state index is 11.1. The average Bonchev–Trinajstić information content (AvgIpc) is 2.22. The minimum Gasteiger partial charge on any atom is -0.361 e. The monoisotopic (exact) mass is 251 g/mol. The maximum Gasteiger partial charge on any atom is 0.332 e. The van der Waals surface area contributed by atoms with Crippen molar-refractivity contribution >= 4 is 17.5 Å². The fourth-order valence-corrected chi connectivity index (χ4v) is 1.87. The molecule has 1 aromatic rings. The van der Waals surface area contributed by atoms with Crippen LogP contribution in [0.5, 0.6) is 0 Å². The van der Waals surface area contributed by atoms with Crippen molar-refractivity contribution in [2.75, 3.05) is 17.2 Å². The van der Waals surface area contributed by atoms with E-state index in [1.807, 2.05) is 6.92 Å². The topological polar surface area (TPSA) is 93.0 Å². The first-order chi connectivity index (χ1) is 8.61. The smallest absolute Gasteiger partial charge is 0.332 e. The number of anilines is 2. The highest BCUT2D eigenvalue weighted by Gasteiger charge is 2.26. The second-order valence-electron chi connectivity index (χ2n) is 4.39. The molecule has 7 nitrogen and oxygen atoms in total. The largest absolute Gasteiger partial charge is 0.361 e. The summed E-state index contributed by atoms with van der Waals surface area (Å²) in [5.41, 5.74) is 0.358. The zero-order chi connectivity index (χ0) is 13.1. The molecule has 98 valence electrons. The Kier molecular flexibility index (Phi) is 3.59. The fourth-order valence-electron chi connectivity index (χ4n) is 1.87. The molecule has 2 rings (SSSR count). The summed E-state index contributed by atoms with van der Waals surface area (Å²) in [6, 6.07) is 0.299. The van der Waals surface area contributed by atoms with Gasteiger partial charge in [-0.2, -0.15) is 4.98 Å². The van der Waals surface area contributed by atoms with Crippen LogP contribution in [-0.4, -0.2) is 27.5 Å². The Balaban J connectivity index is 2.33. The molecule has 1 heterocycles. The molecule has 1 saturated carbocycles. The van der Waals surface area contributed by atoms with Gasteiger partial charge in [0.2, 0.25) is 11.8 Å². The van der Waals surface area contributed by atoms with Crippen molar-refractivity contribution in [3.05, 3.63) is 15.8 Å².